The number of rotatable bonds is 4. The van der Waals surface area contributed by atoms with Gasteiger partial charge in [-0.05, 0) is 86.3 Å². The fourth-order valence-electron chi connectivity index (χ4n) is 5.06. The van der Waals surface area contributed by atoms with Crippen molar-refractivity contribution < 1.29 is 4.74 Å². The molecule has 2 aromatic carbocycles. The number of aryl methyl sites for hydroxylation is 1. The summed E-state index contributed by atoms with van der Waals surface area (Å²) < 4.78 is 6.29. The van der Waals surface area contributed by atoms with Crippen LogP contribution in [0.4, 0.5) is 5.82 Å². The molecule has 172 valence electrons. The number of nitrogens with two attached hydrogens (primary N) is 1. The third kappa shape index (κ3) is 4.31. The summed E-state index contributed by atoms with van der Waals surface area (Å²) in [7, 11) is 2.16. The fourth-order valence-corrected chi connectivity index (χ4v) is 5.39. The van der Waals surface area contributed by atoms with Crippen LogP contribution in [0.5, 0.6) is 5.88 Å². The minimum absolute atomic E-state index is 0.280. The molecular formula is C26H30ClN5O. The van der Waals surface area contributed by atoms with Gasteiger partial charge in [0.15, 0.2) is 5.82 Å². The summed E-state index contributed by atoms with van der Waals surface area (Å²) in [4.78, 5) is 11.5. The number of nitrogen functional groups attached to an aromatic ring is 1. The predicted octanol–water partition coefficient (Wildman–Crippen LogP) is 4.46. The van der Waals surface area contributed by atoms with Crippen LogP contribution >= 0.6 is 11.6 Å². The Kier molecular flexibility index (Phi) is 5.99. The first-order valence-corrected chi connectivity index (χ1v) is 11.9. The number of anilines is 1. The molecule has 0 aliphatic carbocycles. The van der Waals surface area contributed by atoms with E-state index in [-0.39, 0.29) is 11.9 Å². The Balaban J connectivity index is 1.47. The zero-order valence-electron chi connectivity index (χ0n) is 19.4. The minimum atomic E-state index is -0.295. The van der Waals surface area contributed by atoms with Crippen molar-refractivity contribution in [1.82, 2.24) is 20.2 Å². The van der Waals surface area contributed by atoms with Crippen molar-refractivity contribution in [3.8, 4) is 17.1 Å². The van der Waals surface area contributed by atoms with Crippen LogP contribution in [0.25, 0.3) is 11.3 Å². The highest BCUT2D eigenvalue weighted by Crippen LogP contribution is 2.35. The molecule has 0 amide bonds. The van der Waals surface area contributed by atoms with Crippen molar-refractivity contribution in [2.24, 2.45) is 0 Å². The molecule has 0 saturated carbocycles. The Morgan fingerprint density at radius 1 is 1.18 bits per heavy atom. The maximum atomic E-state index is 6.61. The number of halogens is 1. The molecule has 3 heterocycles. The topological polar surface area (TPSA) is 76.3 Å². The van der Waals surface area contributed by atoms with E-state index in [2.05, 4.69) is 47.4 Å². The van der Waals surface area contributed by atoms with E-state index >= 15 is 0 Å². The molecule has 6 nitrogen and oxygen atoms in total. The van der Waals surface area contributed by atoms with Crippen LogP contribution in [0.15, 0.2) is 30.5 Å². The number of benzene rings is 2. The van der Waals surface area contributed by atoms with Gasteiger partial charge in [0.1, 0.15) is 6.10 Å². The molecule has 5 rings (SSSR count). The summed E-state index contributed by atoms with van der Waals surface area (Å²) in [5.41, 5.74) is 15.6. The lowest BCUT2D eigenvalue weighted by Gasteiger charge is -2.27. The highest BCUT2D eigenvalue weighted by atomic mass is 35.5. The fraction of sp³-hybridized carbons (Fsp3) is 0.385. The smallest absolute Gasteiger partial charge is 0.258 e. The average molecular weight is 464 g/mol. The maximum Gasteiger partial charge on any atom is 0.258 e. The zero-order valence-corrected chi connectivity index (χ0v) is 20.2. The molecule has 2 aliphatic rings. The largest absolute Gasteiger partial charge is 0.467 e. The van der Waals surface area contributed by atoms with Crippen LogP contribution in [-0.2, 0) is 25.9 Å². The van der Waals surface area contributed by atoms with Crippen molar-refractivity contribution in [3.63, 3.8) is 0 Å². The molecule has 33 heavy (non-hydrogen) atoms. The van der Waals surface area contributed by atoms with Gasteiger partial charge in [-0.1, -0.05) is 17.7 Å². The highest BCUT2D eigenvalue weighted by molar-refractivity contribution is 6.31. The molecule has 0 spiro atoms. The van der Waals surface area contributed by atoms with Crippen LogP contribution < -0.4 is 15.8 Å². The SMILES string of the molecule is Cc1cc(-c2cnc(N)c(OC(C)c3c(Cl)ccc4c3CCNC4)n2)cc2c1CCN(C)C2. The van der Waals surface area contributed by atoms with Crippen LogP contribution in [0, 0.1) is 6.92 Å². The Morgan fingerprint density at radius 2 is 2.03 bits per heavy atom. The molecule has 0 bridgehead atoms. The van der Waals surface area contributed by atoms with E-state index in [1.165, 1.54) is 27.8 Å². The summed E-state index contributed by atoms with van der Waals surface area (Å²) in [6.07, 6.45) is 3.43. The molecule has 3 N–H and O–H groups in total. The molecule has 7 heteroatoms. The molecule has 2 aliphatic heterocycles. The summed E-state index contributed by atoms with van der Waals surface area (Å²) in [5, 5.41) is 4.12. The molecule has 1 aromatic heterocycles. The first-order chi connectivity index (χ1) is 15.9. The number of nitrogens with one attached hydrogen (secondary N) is 1. The second-order valence-electron chi connectivity index (χ2n) is 9.15. The lowest BCUT2D eigenvalue weighted by Crippen LogP contribution is -2.27. The summed E-state index contributed by atoms with van der Waals surface area (Å²) in [5.74, 6) is 0.623. The predicted molar refractivity (Wildman–Crippen MR) is 133 cm³/mol. The number of nitrogens with zero attached hydrogens (tertiary/aromatic N) is 3. The van der Waals surface area contributed by atoms with Gasteiger partial charge in [0.2, 0.25) is 0 Å². The lowest BCUT2D eigenvalue weighted by atomic mass is 9.92. The maximum absolute atomic E-state index is 6.61. The van der Waals surface area contributed by atoms with Crippen LogP contribution in [0.1, 0.15) is 46.4 Å². The zero-order chi connectivity index (χ0) is 23.1. The van der Waals surface area contributed by atoms with Gasteiger partial charge in [0.05, 0.1) is 11.9 Å². The van der Waals surface area contributed by atoms with Crippen LogP contribution in [0.3, 0.4) is 0 Å². The van der Waals surface area contributed by atoms with Crippen LogP contribution in [0.2, 0.25) is 5.02 Å². The highest BCUT2D eigenvalue weighted by Gasteiger charge is 2.23. The number of hydrogen-bond donors (Lipinski definition) is 2. The average Bonchev–Trinajstić information content (AvgIpc) is 2.80. The third-order valence-corrected chi connectivity index (χ3v) is 7.10. The summed E-state index contributed by atoms with van der Waals surface area (Å²) in [6.45, 7) is 7.98. The van der Waals surface area contributed by atoms with E-state index in [1.807, 2.05) is 13.0 Å². The molecular weight excluding hydrogens is 434 g/mol. The van der Waals surface area contributed by atoms with Gasteiger partial charge in [0.25, 0.3) is 5.88 Å². The monoisotopic (exact) mass is 463 g/mol. The molecule has 0 saturated heterocycles. The van der Waals surface area contributed by atoms with Crippen molar-refractivity contribution in [1.29, 1.82) is 0 Å². The van der Waals surface area contributed by atoms with Gasteiger partial charge in [-0.2, -0.15) is 0 Å². The van der Waals surface area contributed by atoms with E-state index in [1.54, 1.807) is 6.20 Å². The van der Waals surface area contributed by atoms with Crippen molar-refractivity contribution in [2.45, 2.75) is 45.9 Å². The molecule has 3 aromatic rings. The van der Waals surface area contributed by atoms with E-state index in [0.29, 0.717) is 10.9 Å². The van der Waals surface area contributed by atoms with Gasteiger partial charge < -0.3 is 20.7 Å². The second-order valence-corrected chi connectivity index (χ2v) is 9.56. The molecule has 1 atom stereocenters. The van der Waals surface area contributed by atoms with Gasteiger partial charge in [-0.25, -0.2) is 9.97 Å². The van der Waals surface area contributed by atoms with Gasteiger partial charge in [-0.15, -0.1) is 0 Å². The van der Waals surface area contributed by atoms with Crippen molar-refractivity contribution >= 4 is 17.4 Å². The van der Waals surface area contributed by atoms with E-state index in [4.69, 9.17) is 27.1 Å². The quantitative estimate of drug-likeness (QED) is 0.594. The first kappa shape index (κ1) is 22.1. The van der Waals surface area contributed by atoms with Gasteiger partial charge in [0, 0.05) is 35.8 Å². The summed E-state index contributed by atoms with van der Waals surface area (Å²) in [6, 6.07) is 8.45. The minimum Gasteiger partial charge on any atom is -0.467 e. The number of fused-ring (bicyclic) bond motifs is 2. The summed E-state index contributed by atoms with van der Waals surface area (Å²) >= 11 is 6.61. The van der Waals surface area contributed by atoms with E-state index in [0.717, 1.165) is 55.8 Å². The standard InChI is InChI=1S/C26H30ClN5O/c1-15-10-18(11-19-14-32(3)9-7-20(15)19)23-13-30-25(28)26(31-23)33-16(2)24-21-6-8-29-12-17(21)4-5-22(24)27/h4-5,10-11,13,16,29H,6-9,12,14H2,1-3H3,(H2,28,30). The number of aromatic nitrogens is 2. The van der Waals surface area contributed by atoms with Gasteiger partial charge >= 0.3 is 0 Å². The number of hydrogen-bond acceptors (Lipinski definition) is 6. The van der Waals surface area contributed by atoms with Crippen molar-refractivity contribution in [2.75, 3.05) is 25.9 Å². The Morgan fingerprint density at radius 3 is 2.88 bits per heavy atom. The van der Waals surface area contributed by atoms with Gasteiger partial charge in [-0.3, -0.25) is 0 Å². The first-order valence-electron chi connectivity index (χ1n) is 11.5. The Hall–Kier alpha value is -2.67. The lowest BCUT2D eigenvalue weighted by molar-refractivity contribution is 0.217. The number of ether oxygens (including phenoxy) is 1. The normalized spacial score (nSPS) is 16.7. The van der Waals surface area contributed by atoms with E-state index in [9.17, 15) is 0 Å². The second kappa shape index (κ2) is 8.93. The Bertz CT molecular complexity index is 1210. The number of likely N-dealkylation sites (N-methyl/N-ethyl adjacent to an activating group) is 1. The van der Waals surface area contributed by atoms with E-state index < -0.39 is 0 Å². The molecule has 1 unspecified atom stereocenters. The molecule has 0 fully saturated rings. The van der Waals surface area contributed by atoms with Crippen LogP contribution in [-0.4, -0.2) is 35.0 Å². The Labute approximate surface area is 200 Å². The van der Waals surface area contributed by atoms with Crippen molar-refractivity contribution in [3.05, 3.63) is 68.9 Å². The molecule has 0 radical (unpaired) electrons. The third-order valence-electron chi connectivity index (χ3n) is 6.78.